The highest BCUT2D eigenvalue weighted by atomic mass is 32.2. The van der Waals surface area contributed by atoms with E-state index >= 15 is 0 Å². The van der Waals surface area contributed by atoms with Gasteiger partial charge >= 0.3 is 0 Å². The maximum atomic E-state index is 13.0. The van der Waals surface area contributed by atoms with Gasteiger partial charge in [0.2, 0.25) is 5.91 Å². The molecule has 3 rings (SSSR count). The number of amides is 1. The third-order valence-corrected chi connectivity index (χ3v) is 5.54. The van der Waals surface area contributed by atoms with Gasteiger partial charge < -0.3 is 9.84 Å². The third-order valence-electron chi connectivity index (χ3n) is 3.71. The Kier molecular flexibility index (Phi) is 3.73. The summed E-state index contributed by atoms with van der Waals surface area (Å²) in [6, 6.07) is 10.8. The maximum absolute atomic E-state index is 13.0. The number of carbonyl (C=O) groups is 1. The number of nitrogens with zero attached hydrogens (tertiary/aromatic N) is 1. The molecule has 0 bridgehead atoms. The largest absolute Gasteiger partial charge is 0.504 e. The molecule has 0 aromatic heterocycles. The number of hydrogen-bond donors (Lipinski definition) is 1. The predicted molar refractivity (Wildman–Crippen MR) is 84.1 cm³/mol. The number of phenols is 1. The zero-order valence-electron chi connectivity index (χ0n) is 12.4. The molecule has 1 amide bonds. The van der Waals surface area contributed by atoms with Gasteiger partial charge in [0.15, 0.2) is 11.5 Å². The molecule has 0 saturated carbocycles. The molecule has 1 heterocycles. The molecule has 0 spiro atoms. The van der Waals surface area contributed by atoms with Gasteiger partial charge in [-0.2, -0.15) is 0 Å². The lowest BCUT2D eigenvalue weighted by molar-refractivity contribution is -0.117. The number of hydrogen-bond acceptors (Lipinski definition) is 5. The number of benzene rings is 2. The van der Waals surface area contributed by atoms with Crippen molar-refractivity contribution in [1.82, 2.24) is 0 Å². The number of anilines is 1. The molecular weight excluding hydrogens is 318 g/mol. The number of phenolic OH excluding ortho intramolecular Hbond substituents is 1. The molecule has 6 nitrogen and oxygen atoms in total. The summed E-state index contributed by atoms with van der Waals surface area (Å²) < 4.78 is 31.8. The SMILES string of the molecule is COc1cc2c(cc1O)CCC(=O)N(c1ccccc1)S2(=O)=O. The minimum absolute atomic E-state index is 0.0261. The van der Waals surface area contributed by atoms with Crippen LogP contribution in [-0.4, -0.2) is 26.5 Å². The predicted octanol–water partition coefficient (Wildman–Crippen LogP) is 2.07. The van der Waals surface area contributed by atoms with E-state index in [9.17, 15) is 18.3 Å². The number of ether oxygens (including phenoxy) is 1. The van der Waals surface area contributed by atoms with Crippen molar-refractivity contribution in [3.63, 3.8) is 0 Å². The zero-order valence-corrected chi connectivity index (χ0v) is 13.2. The quantitative estimate of drug-likeness (QED) is 0.909. The normalized spacial score (nSPS) is 16.6. The summed E-state index contributed by atoms with van der Waals surface area (Å²) in [7, 11) is -2.74. The Labute approximate surface area is 134 Å². The second-order valence-corrected chi connectivity index (χ2v) is 6.89. The number of methoxy groups -OCH3 is 1. The van der Waals surface area contributed by atoms with Crippen LogP contribution in [0.25, 0.3) is 0 Å². The fraction of sp³-hybridized carbons (Fsp3) is 0.188. The smallest absolute Gasteiger partial charge is 0.271 e. The average Bonchev–Trinajstić information content (AvgIpc) is 2.62. The third kappa shape index (κ3) is 2.53. The van der Waals surface area contributed by atoms with Crippen LogP contribution < -0.4 is 9.04 Å². The van der Waals surface area contributed by atoms with E-state index in [1.165, 1.54) is 19.2 Å². The monoisotopic (exact) mass is 333 g/mol. The summed E-state index contributed by atoms with van der Waals surface area (Å²) in [6.07, 6.45) is 0.265. The fourth-order valence-electron chi connectivity index (χ4n) is 2.61. The number of aryl methyl sites for hydroxylation is 1. The molecule has 0 fully saturated rings. The Morgan fingerprint density at radius 2 is 1.83 bits per heavy atom. The molecule has 0 atom stereocenters. The summed E-state index contributed by atoms with van der Waals surface area (Å²) in [5, 5.41) is 9.86. The standard InChI is InChI=1S/C16H15NO5S/c1-22-14-10-15-11(9-13(14)18)7-8-16(19)17(23(15,20)21)12-5-3-2-4-6-12/h2-6,9-10,18H,7-8H2,1H3. The summed E-state index contributed by atoms with van der Waals surface area (Å²) >= 11 is 0. The van der Waals surface area contributed by atoms with Gasteiger partial charge in [-0.25, -0.2) is 12.7 Å². The van der Waals surface area contributed by atoms with Gasteiger partial charge in [0.25, 0.3) is 10.0 Å². The molecule has 1 aliphatic heterocycles. The van der Waals surface area contributed by atoms with Crippen molar-refractivity contribution in [2.45, 2.75) is 17.7 Å². The minimum atomic E-state index is -4.08. The highest BCUT2D eigenvalue weighted by Crippen LogP contribution is 2.37. The Morgan fingerprint density at radius 3 is 2.48 bits per heavy atom. The lowest BCUT2D eigenvalue weighted by Gasteiger charge is -2.21. The van der Waals surface area contributed by atoms with E-state index < -0.39 is 15.9 Å². The van der Waals surface area contributed by atoms with Gasteiger partial charge in [-0.15, -0.1) is 0 Å². The molecular formula is C16H15NO5S. The summed E-state index contributed by atoms with van der Waals surface area (Å²) in [4.78, 5) is 12.4. The molecule has 120 valence electrons. The first-order valence-corrected chi connectivity index (χ1v) is 8.42. The van der Waals surface area contributed by atoms with Crippen molar-refractivity contribution >= 4 is 21.6 Å². The van der Waals surface area contributed by atoms with E-state index in [4.69, 9.17) is 4.74 Å². The Hall–Kier alpha value is -2.54. The van der Waals surface area contributed by atoms with Gasteiger partial charge in [-0.1, -0.05) is 18.2 Å². The van der Waals surface area contributed by atoms with E-state index in [1.54, 1.807) is 30.3 Å². The molecule has 1 aliphatic rings. The van der Waals surface area contributed by atoms with Gasteiger partial charge in [-0.3, -0.25) is 4.79 Å². The molecule has 23 heavy (non-hydrogen) atoms. The van der Waals surface area contributed by atoms with Crippen molar-refractivity contribution in [3.8, 4) is 11.5 Å². The highest BCUT2D eigenvalue weighted by Gasteiger charge is 2.36. The van der Waals surface area contributed by atoms with Crippen molar-refractivity contribution in [1.29, 1.82) is 0 Å². The van der Waals surface area contributed by atoms with Crippen molar-refractivity contribution in [2.24, 2.45) is 0 Å². The van der Waals surface area contributed by atoms with E-state index in [1.807, 2.05) is 0 Å². The molecule has 7 heteroatoms. The molecule has 2 aromatic carbocycles. The maximum Gasteiger partial charge on any atom is 0.271 e. The molecule has 2 aromatic rings. The first-order valence-electron chi connectivity index (χ1n) is 6.98. The van der Waals surface area contributed by atoms with Gasteiger partial charge in [0, 0.05) is 12.5 Å². The number of sulfonamides is 1. The fourth-order valence-corrected chi connectivity index (χ4v) is 4.32. The number of para-hydroxylation sites is 1. The topological polar surface area (TPSA) is 83.9 Å². The number of aromatic hydroxyl groups is 1. The van der Waals surface area contributed by atoms with Crippen molar-refractivity contribution in [2.75, 3.05) is 11.4 Å². The molecule has 0 radical (unpaired) electrons. The van der Waals surface area contributed by atoms with E-state index in [0.29, 0.717) is 5.56 Å². The lowest BCUT2D eigenvalue weighted by Crippen LogP contribution is -2.35. The van der Waals surface area contributed by atoms with Crippen LogP contribution in [0.4, 0.5) is 5.69 Å². The summed E-state index contributed by atoms with van der Waals surface area (Å²) in [5.74, 6) is -0.609. The highest BCUT2D eigenvalue weighted by molar-refractivity contribution is 7.93. The minimum Gasteiger partial charge on any atom is -0.504 e. The zero-order chi connectivity index (χ0) is 16.6. The lowest BCUT2D eigenvalue weighted by atomic mass is 10.1. The van der Waals surface area contributed by atoms with Crippen LogP contribution in [0.2, 0.25) is 0 Å². The number of rotatable bonds is 2. The van der Waals surface area contributed by atoms with Crippen LogP contribution in [0, 0.1) is 0 Å². The van der Waals surface area contributed by atoms with Crippen LogP contribution in [0.1, 0.15) is 12.0 Å². The average molecular weight is 333 g/mol. The molecule has 0 aliphatic carbocycles. The second kappa shape index (κ2) is 5.58. The van der Waals surface area contributed by atoms with Crippen molar-refractivity contribution in [3.05, 3.63) is 48.0 Å². The van der Waals surface area contributed by atoms with Crippen LogP contribution in [0.5, 0.6) is 11.5 Å². The number of fused-ring (bicyclic) bond motifs is 1. The summed E-state index contributed by atoms with van der Waals surface area (Å²) in [6.45, 7) is 0. The van der Waals surface area contributed by atoms with Crippen LogP contribution in [0.15, 0.2) is 47.4 Å². The van der Waals surface area contributed by atoms with Crippen LogP contribution in [0.3, 0.4) is 0 Å². The van der Waals surface area contributed by atoms with E-state index in [-0.39, 0.29) is 34.9 Å². The van der Waals surface area contributed by atoms with Crippen LogP contribution >= 0.6 is 0 Å². The van der Waals surface area contributed by atoms with E-state index in [2.05, 4.69) is 0 Å². The Morgan fingerprint density at radius 1 is 1.13 bits per heavy atom. The van der Waals surface area contributed by atoms with Crippen LogP contribution in [-0.2, 0) is 21.2 Å². The van der Waals surface area contributed by atoms with Gasteiger partial charge in [0.1, 0.15) is 0 Å². The van der Waals surface area contributed by atoms with Gasteiger partial charge in [0.05, 0.1) is 17.7 Å². The molecule has 0 saturated heterocycles. The summed E-state index contributed by atoms with van der Waals surface area (Å²) in [5.41, 5.74) is 0.687. The molecule has 0 unspecified atom stereocenters. The molecule has 1 N–H and O–H groups in total. The van der Waals surface area contributed by atoms with E-state index in [0.717, 1.165) is 4.31 Å². The van der Waals surface area contributed by atoms with Crippen molar-refractivity contribution < 1.29 is 23.1 Å². The number of carbonyl (C=O) groups excluding carboxylic acids is 1. The van der Waals surface area contributed by atoms with Gasteiger partial charge in [-0.05, 0) is 30.2 Å². The Balaban J connectivity index is 2.24. The second-order valence-electron chi connectivity index (χ2n) is 5.13. The first kappa shape index (κ1) is 15.4. The first-order chi connectivity index (χ1) is 10.9. The Bertz CT molecular complexity index is 862.